The number of carbonyl (C=O) groups excluding carboxylic acids is 2. The van der Waals surface area contributed by atoms with Gasteiger partial charge in [-0.15, -0.1) is 0 Å². The van der Waals surface area contributed by atoms with Gasteiger partial charge < -0.3 is 25.8 Å². The van der Waals surface area contributed by atoms with Gasteiger partial charge in [0.15, 0.2) is 5.13 Å². The molecule has 0 fully saturated rings. The molecule has 1 amide bonds. The predicted molar refractivity (Wildman–Crippen MR) is 72.7 cm³/mol. The minimum atomic E-state index is -1.66. The fourth-order valence-electron chi connectivity index (χ4n) is 0.932. The van der Waals surface area contributed by atoms with Crippen LogP contribution in [0.15, 0.2) is 5.16 Å². The Morgan fingerprint density at radius 2 is 2.24 bits per heavy atom. The summed E-state index contributed by atoms with van der Waals surface area (Å²) in [5.74, 6) is -2.19. The molecule has 0 radical (unpaired) electrons. The second kappa shape index (κ2) is 6.74. The van der Waals surface area contributed by atoms with Crippen LogP contribution >= 0.6 is 11.5 Å². The number of carboxylic acids is 1. The van der Waals surface area contributed by atoms with Crippen molar-refractivity contribution in [2.45, 2.75) is 19.4 Å². The van der Waals surface area contributed by atoms with Gasteiger partial charge in [0.2, 0.25) is 17.1 Å². The molecule has 0 bridgehead atoms. The number of carbonyl (C=O) groups is 3. The minimum Gasteiger partial charge on any atom is -0.478 e. The Kier molecular flexibility index (Phi) is 5.30. The van der Waals surface area contributed by atoms with Gasteiger partial charge in [0.05, 0.1) is 6.54 Å². The Hall–Kier alpha value is -2.56. The largest absolute Gasteiger partial charge is 0.478 e. The Morgan fingerprint density at radius 3 is 2.71 bits per heavy atom. The number of aldehydes is 1. The van der Waals surface area contributed by atoms with E-state index in [1.54, 1.807) is 0 Å². The highest BCUT2D eigenvalue weighted by Gasteiger charge is 2.31. The quantitative estimate of drug-likeness (QED) is 0.329. The lowest BCUT2D eigenvalue weighted by molar-refractivity contribution is -0.161. The van der Waals surface area contributed by atoms with Crippen molar-refractivity contribution in [2.75, 3.05) is 12.3 Å². The summed E-state index contributed by atoms with van der Waals surface area (Å²) in [6, 6.07) is 0. The molecule has 1 heterocycles. The minimum absolute atomic E-state index is 0.0957. The third-order valence-corrected chi connectivity index (χ3v) is 2.64. The summed E-state index contributed by atoms with van der Waals surface area (Å²) in [5.41, 5.74) is 3.38. The maximum Gasteiger partial charge on any atom is 0.350 e. The van der Waals surface area contributed by atoms with E-state index in [1.165, 1.54) is 13.8 Å². The van der Waals surface area contributed by atoms with Crippen molar-refractivity contribution >= 4 is 40.5 Å². The summed E-state index contributed by atoms with van der Waals surface area (Å²) in [5, 5.41) is 14.7. The molecule has 114 valence electrons. The number of aromatic nitrogens is 2. The van der Waals surface area contributed by atoms with E-state index in [4.69, 9.17) is 15.7 Å². The van der Waals surface area contributed by atoms with Gasteiger partial charge in [-0.05, 0) is 13.8 Å². The summed E-state index contributed by atoms with van der Waals surface area (Å²) in [6.07, 6.45) is 0.473. The highest BCUT2D eigenvalue weighted by Crippen LogP contribution is 2.12. The van der Waals surface area contributed by atoms with Crippen LogP contribution < -0.4 is 11.1 Å². The fourth-order valence-corrected chi connectivity index (χ4v) is 1.37. The summed E-state index contributed by atoms with van der Waals surface area (Å²) in [7, 11) is 0. The molecule has 0 unspecified atom stereocenters. The number of carboxylic acid groups (broad SMARTS) is 1. The Morgan fingerprint density at radius 1 is 1.57 bits per heavy atom. The number of hydrogen-bond donors (Lipinski definition) is 3. The van der Waals surface area contributed by atoms with Crippen LogP contribution in [0.1, 0.15) is 19.7 Å². The molecule has 0 aliphatic carbocycles. The molecule has 0 saturated heterocycles. The van der Waals surface area contributed by atoms with E-state index in [9.17, 15) is 14.4 Å². The number of rotatable bonds is 7. The molecule has 0 atom stereocenters. The Balaban J connectivity index is 3.04. The van der Waals surface area contributed by atoms with E-state index in [-0.39, 0.29) is 23.2 Å². The van der Waals surface area contributed by atoms with Gasteiger partial charge in [-0.2, -0.15) is 9.36 Å². The number of hydrogen-bond acceptors (Lipinski definition) is 9. The van der Waals surface area contributed by atoms with Crippen molar-refractivity contribution in [3.05, 3.63) is 5.82 Å². The summed E-state index contributed by atoms with van der Waals surface area (Å²) in [4.78, 5) is 41.7. The first kappa shape index (κ1) is 16.5. The monoisotopic (exact) mass is 315 g/mol. The number of oxime groups is 1. The average Bonchev–Trinajstić information content (AvgIpc) is 2.82. The van der Waals surface area contributed by atoms with Crippen LogP contribution in [0.5, 0.6) is 0 Å². The van der Waals surface area contributed by atoms with Gasteiger partial charge in [0.1, 0.15) is 6.29 Å². The lowest BCUT2D eigenvalue weighted by atomic mass is 10.1. The van der Waals surface area contributed by atoms with Crippen LogP contribution in [0.4, 0.5) is 5.13 Å². The zero-order valence-electron chi connectivity index (χ0n) is 11.2. The zero-order chi connectivity index (χ0) is 16.0. The van der Waals surface area contributed by atoms with E-state index in [2.05, 4.69) is 19.8 Å². The number of nitrogens with zero attached hydrogens (tertiary/aromatic N) is 3. The highest BCUT2D eigenvalue weighted by molar-refractivity contribution is 7.09. The molecule has 0 saturated carbocycles. The van der Waals surface area contributed by atoms with Crippen molar-refractivity contribution in [3.63, 3.8) is 0 Å². The molecule has 0 aliphatic rings. The molecule has 0 spiro atoms. The predicted octanol–water partition coefficient (Wildman–Crippen LogP) is -0.981. The number of nitrogens with two attached hydrogens (primary N) is 1. The van der Waals surface area contributed by atoms with Crippen molar-refractivity contribution in [1.82, 2.24) is 14.7 Å². The normalized spacial score (nSPS) is 11.8. The van der Waals surface area contributed by atoms with Crippen LogP contribution in [0.2, 0.25) is 0 Å². The van der Waals surface area contributed by atoms with Gasteiger partial charge in [0, 0.05) is 11.5 Å². The topological polar surface area (TPSA) is 157 Å². The first-order valence-corrected chi connectivity index (χ1v) is 6.36. The molecule has 1 rings (SSSR count). The molecular formula is C10H13N5O5S. The van der Waals surface area contributed by atoms with Crippen LogP contribution in [0.3, 0.4) is 0 Å². The average molecular weight is 315 g/mol. The highest BCUT2D eigenvalue weighted by atomic mass is 32.1. The SMILES string of the molecule is CC(C)(O/N=C(\C(=O)NCC=O)c1nsc(N)n1)C(=O)O. The van der Waals surface area contributed by atoms with Gasteiger partial charge in [-0.3, -0.25) is 4.79 Å². The first-order valence-electron chi connectivity index (χ1n) is 5.59. The molecule has 21 heavy (non-hydrogen) atoms. The van der Waals surface area contributed by atoms with E-state index in [1.807, 2.05) is 0 Å². The number of nitrogens with one attached hydrogen (secondary N) is 1. The van der Waals surface area contributed by atoms with Crippen LogP contribution in [0.25, 0.3) is 0 Å². The summed E-state index contributed by atoms with van der Waals surface area (Å²) in [6.45, 7) is 2.25. The van der Waals surface area contributed by atoms with Crippen molar-refractivity contribution in [2.24, 2.45) is 5.16 Å². The number of nitrogen functional groups attached to an aromatic ring is 1. The van der Waals surface area contributed by atoms with E-state index >= 15 is 0 Å². The van der Waals surface area contributed by atoms with Crippen LogP contribution in [-0.4, -0.2) is 50.5 Å². The first-order chi connectivity index (χ1) is 9.77. The maximum atomic E-state index is 11.9. The molecule has 1 aromatic heterocycles. The third kappa shape index (κ3) is 4.49. The van der Waals surface area contributed by atoms with Crippen LogP contribution in [0, 0.1) is 0 Å². The number of aliphatic carboxylic acids is 1. The second-order valence-corrected chi connectivity index (χ2v) is 4.96. The molecule has 0 aliphatic heterocycles. The maximum absolute atomic E-state index is 11.9. The lowest BCUT2D eigenvalue weighted by Gasteiger charge is -2.16. The Labute approximate surface area is 123 Å². The van der Waals surface area contributed by atoms with Gasteiger partial charge in [-0.1, -0.05) is 5.16 Å². The molecule has 0 aromatic carbocycles. The number of amides is 1. The molecule has 1 aromatic rings. The van der Waals surface area contributed by atoms with E-state index in [0.29, 0.717) is 6.29 Å². The third-order valence-electron chi connectivity index (χ3n) is 2.09. The van der Waals surface area contributed by atoms with E-state index in [0.717, 1.165) is 11.5 Å². The zero-order valence-corrected chi connectivity index (χ0v) is 12.0. The molecule has 11 heteroatoms. The molecular weight excluding hydrogens is 302 g/mol. The fraction of sp³-hybridized carbons (Fsp3) is 0.400. The lowest BCUT2D eigenvalue weighted by Crippen LogP contribution is -2.37. The summed E-state index contributed by atoms with van der Waals surface area (Å²) < 4.78 is 3.79. The van der Waals surface area contributed by atoms with Crippen molar-refractivity contribution in [1.29, 1.82) is 0 Å². The standard InChI is InChI=1S/C10H13N5O5S/c1-10(2,8(18)19)20-14-5(7(17)12-3-4-16)6-13-9(11)21-15-6/h4H,3H2,1-2H3,(H,12,17)(H,18,19)(H2,11,13,15)/b14-5-. The number of anilines is 1. The van der Waals surface area contributed by atoms with Gasteiger partial charge in [0.25, 0.3) is 5.91 Å². The van der Waals surface area contributed by atoms with Gasteiger partial charge >= 0.3 is 5.97 Å². The Bertz CT molecular complexity index is 582. The van der Waals surface area contributed by atoms with Gasteiger partial charge in [-0.25, -0.2) is 4.79 Å². The molecule has 10 nitrogen and oxygen atoms in total. The van der Waals surface area contributed by atoms with Crippen LogP contribution in [-0.2, 0) is 19.2 Å². The summed E-state index contributed by atoms with van der Waals surface area (Å²) >= 11 is 0.828. The van der Waals surface area contributed by atoms with E-state index < -0.39 is 17.5 Å². The second-order valence-electron chi connectivity index (χ2n) is 4.18. The smallest absolute Gasteiger partial charge is 0.350 e. The van der Waals surface area contributed by atoms with Crippen molar-refractivity contribution < 1.29 is 24.3 Å². The molecule has 4 N–H and O–H groups in total. The van der Waals surface area contributed by atoms with Crippen molar-refractivity contribution in [3.8, 4) is 0 Å².